The fraction of sp³-hybridized carbons (Fsp3) is 0.312. The second-order valence-corrected chi connectivity index (χ2v) is 5.57. The van der Waals surface area contributed by atoms with Crippen LogP contribution in [0.25, 0.3) is 16.6 Å². The van der Waals surface area contributed by atoms with Crippen molar-refractivity contribution in [2.24, 2.45) is 0 Å². The van der Waals surface area contributed by atoms with Gasteiger partial charge in [0, 0.05) is 12.1 Å². The van der Waals surface area contributed by atoms with Crippen molar-refractivity contribution in [3.63, 3.8) is 0 Å². The SMILES string of the molecule is CCOC(=S)c1nnn2c3c(C(C)=O)cccc3c(=O)n(CC)c12. The number of para-hydroxylation sites is 1. The van der Waals surface area contributed by atoms with Gasteiger partial charge in [-0.25, -0.2) is 0 Å². The van der Waals surface area contributed by atoms with Crippen molar-refractivity contribution in [3.05, 3.63) is 39.8 Å². The molecule has 8 heteroatoms. The van der Waals surface area contributed by atoms with Gasteiger partial charge in [0.2, 0.25) is 5.05 Å². The van der Waals surface area contributed by atoms with E-state index in [1.165, 1.54) is 16.0 Å². The second-order valence-electron chi connectivity index (χ2n) is 5.20. The van der Waals surface area contributed by atoms with Gasteiger partial charge in [0.05, 0.1) is 17.5 Å². The first kappa shape index (κ1) is 16.3. The van der Waals surface area contributed by atoms with Gasteiger partial charge in [-0.2, -0.15) is 4.52 Å². The second kappa shape index (κ2) is 6.12. The molecule has 0 aliphatic heterocycles. The summed E-state index contributed by atoms with van der Waals surface area (Å²) in [5, 5.41) is 8.81. The molecule has 2 heterocycles. The highest BCUT2D eigenvalue weighted by molar-refractivity contribution is 7.80. The monoisotopic (exact) mass is 344 g/mol. The lowest BCUT2D eigenvalue weighted by Crippen LogP contribution is -2.24. The molecule has 0 radical (unpaired) electrons. The first-order valence-corrected chi connectivity index (χ1v) is 8.01. The highest BCUT2D eigenvalue weighted by atomic mass is 32.1. The summed E-state index contributed by atoms with van der Waals surface area (Å²) in [4.78, 5) is 24.9. The number of benzene rings is 1. The minimum atomic E-state index is -0.217. The summed E-state index contributed by atoms with van der Waals surface area (Å²) in [5.74, 6) is -0.153. The smallest absolute Gasteiger partial charge is 0.261 e. The number of nitrogens with zero attached hydrogens (tertiary/aromatic N) is 4. The molecule has 0 aliphatic rings. The molecular weight excluding hydrogens is 328 g/mol. The van der Waals surface area contributed by atoms with Crippen molar-refractivity contribution in [2.75, 3.05) is 6.61 Å². The van der Waals surface area contributed by atoms with E-state index in [1.54, 1.807) is 18.2 Å². The number of carbonyl (C=O) groups excluding carboxylic acids is 1. The van der Waals surface area contributed by atoms with Crippen LogP contribution >= 0.6 is 12.2 Å². The van der Waals surface area contributed by atoms with Crippen molar-refractivity contribution in [2.45, 2.75) is 27.3 Å². The van der Waals surface area contributed by atoms with Crippen LogP contribution in [0.3, 0.4) is 0 Å². The van der Waals surface area contributed by atoms with E-state index in [1.807, 2.05) is 13.8 Å². The molecule has 0 saturated carbocycles. The number of aryl methyl sites for hydroxylation is 1. The summed E-state index contributed by atoms with van der Waals surface area (Å²) < 4.78 is 8.39. The van der Waals surface area contributed by atoms with E-state index in [9.17, 15) is 9.59 Å². The van der Waals surface area contributed by atoms with Crippen LogP contribution in [-0.2, 0) is 11.3 Å². The Hall–Kier alpha value is -2.61. The van der Waals surface area contributed by atoms with E-state index < -0.39 is 0 Å². The number of hydrogen-bond acceptors (Lipinski definition) is 6. The van der Waals surface area contributed by atoms with Crippen LogP contribution in [0.4, 0.5) is 0 Å². The third-order valence-corrected chi connectivity index (χ3v) is 4.10. The van der Waals surface area contributed by atoms with Crippen molar-refractivity contribution < 1.29 is 9.53 Å². The predicted octanol–water partition coefficient (Wildman–Crippen LogP) is 1.98. The zero-order valence-electron chi connectivity index (χ0n) is 13.6. The van der Waals surface area contributed by atoms with E-state index in [2.05, 4.69) is 10.3 Å². The van der Waals surface area contributed by atoms with Crippen LogP contribution in [0.2, 0.25) is 0 Å². The van der Waals surface area contributed by atoms with Gasteiger partial charge in [-0.15, -0.1) is 5.10 Å². The molecule has 0 aliphatic carbocycles. The summed E-state index contributed by atoms with van der Waals surface area (Å²) in [7, 11) is 0. The fourth-order valence-electron chi connectivity index (χ4n) is 2.76. The van der Waals surface area contributed by atoms with Crippen LogP contribution in [0.1, 0.15) is 36.8 Å². The van der Waals surface area contributed by atoms with Crippen molar-refractivity contribution >= 4 is 39.6 Å². The number of ketones is 1. The van der Waals surface area contributed by atoms with Gasteiger partial charge in [-0.3, -0.25) is 14.2 Å². The zero-order chi connectivity index (χ0) is 17.4. The molecule has 24 heavy (non-hydrogen) atoms. The van der Waals surface area contributed by atoms with Crippen molar-refractivity contribution in [1.82, 2.24) is 19.4 Å². The fourth-order valence-corrected chi connectivity index (χ4v) is 3.01. The maximum Gasteiger partial charge on any atom is 0.261 e. The van der Waals surface area contributed by atoms with Crippen molar-refractivity contribution in [1.29, 1.82) is 0 Å². The Morgan fingerprint density at radius 1 is 1.33 bits per heavy atom. The molecule has 1 aromatic carbocycles. The van der Waals surface area contributed by atoms with Crippen LogP contribution in [0.5, 0.6) is 0 Å². The number of ether oxygens (including phenoxy) is 1. The lowest BCUT2D eigenvalue weighted by molar-refractivity contribution is 0.101. The molecule has 3 rings (SSSR count). The highest BCUT2D eigenvalue weighted by Crippen LogP contribution is 2.20. The third-order valence-electron chi connectivity index (χ3n) is 3.79. The number of hydrogen-bond donors (Lipinski definition) is 0. The number of aromatic nitrogens is 4. The Balaban J connectivity index is 2.54. The predicted molar refractivity (Wildman–Crippen MR) is 93.8 cm³/mol. The summed E-state index contributed by atoms with van der Waals surface area (Å²) in [6, 6.07) is 5.04. The van der Waals surface area contributed by atoms with Gasteiger partial charge in [0.25, 0.3) is 5.56 Å². The van der Waals surface area contributed by atoms with Crippen molar-refractivity contribution in [3.8, 4) is 0 Å². The molecule has 0 saturated heterocycles. The molecular formula is C16H16N4O3S. The third kappa shape index (κ3) is 2.30. The maximum absolute atomic E-state index is 12.9. The van der Waals surface area contributed by atoms with E-state index >= 15 is 0 Å². The normalized spacial score (nSPS) is 11.1. The Morgan fingerprint density at radius 2 is 2.08 bits per heavy atom. The highest BCUT2D eigenvalue weighted by Gasteiger charge is 2.22. The molecule has 124 valence electrons. The molecule has 0 fully saturated rings. The van der Waals surface area contributed by atoms with Crippen LogP contribution in [-0.4, -0.2) is 36.8 Å². The molecule has 2 aromatic heterocycles. The molecule has 3 aromatic rings. The Bertz CT molecular complexity index is 1040. The average molecular weight is 344 g/mol. The maximum atomic E-state index is 12.9. The van der Waals surface area contributed by atoms with Crippen LogP contribution in [0, 0.1) is 0 Å². The van der Waals surface area contributed by atoms with Gasteiger partial charge in [0.15, 0.2) is 17.1 Å². The summed E-state index contributed by atoms with van der Waals surface area (Å²) in [6.45, 7) is 5.92. The number of fused-ring (bicyclic) bond motifs is 3. The number of Topliss-reactive ketones (excluding diaryl/α,β-unsaturated/α-hetero) is 1. The quantitative estimate of drug-likeness (QED) is 0.532. The van der Waals surface area contributed by atoms with Gasteiger partial charge >= 0.3 is 0 Å². The van der Waals surface area contributed by atoms with E-state index in [0.29, 0.717) is 41.0 Å². The Labute approximate surface area is 142 Å². The number of rotatable bonds is 4. The number of carbonyl (C=O) groups is 1. The largest absolute Gasteiger partial charge is 0.482 e. The molecule has 0 bridgehead atoms. The molecule has 0 unspecified atom stereocenters. The van der Waals surface area contributed by atoms with Gasteiger partial charge in [0.1, 0.15) is 0 Å². The lowest BCUT2D eigenvalue weighted by atomic mass is 10.1. The summed E-state index contributed by atoms with van der Waals surface area (Å²) in [5.41, 5.74) is 1.39. The van der Waals surface area contributed by atoms with Gasteiger partial charge in [-0.1, -0.05) is 11.3 Å². The first-order chi connectivity index (χ1) is 11.5. The molecule has 7 nitrogen and oxygen atoms in total. The lowest BCUT2D eigenvalue weighted by Gasteiger charge is -2.11. The first-order valence-electron chi connectivity index (χ1n) is 7.60. The standard InChI is InChI=1S/C16H16N4O3S/c1-4-19-14-12(16(24)23-5-2)17-18-20(14)13-10(9(3)21)7-6-8-11(13)15(19)22/h6-8H,4-5H2,1-3H3. The minimum Gasteiger partial charge on any atom is -0.482 e. The molecule has 0 N–H and O–H groups in total. The zero-order valence-corrected chi connectivity index (χ0v) is 14.4. The molecule has 0 amide bonds. The summed E-state index contributed by atoms with van der Waals surface area (Å²) in [6.07, 6.45) is 0. The van der Waals surface area contributed by atoms with Gasteiger partial charge < -0.3 is 4.74 Å². The minimum absolute atomic E-state index is 0.153. The van der Waals surface area contributed by atoms with Crippen LogP contribution < -0.4 is 5.56 Å². The molecule has 0 atom stereocenters. The van der Waals surface area contributed by atoms with E-state index in [-0.39, 0.29) is 16.4 Å². The molecule has 0 spiro atoms. The van der Waals surface area contributed by atoms with Gasteiger partial charge in [-0.05, 0) is 45.1 Å². The van der Waals surface area contributed by atoms with Crippen LogP contribution in [0.15, 0.2) is 23.0 Å². The van der Waals surface area contributed by atoms with E-state index in [0.717, 1.165) is 0 Å². The summed E-state index contributed by atoms with van der Waals surface area (Å²) >= 11 is 5.24. The average Bonchev–Trinajstić information content (AvgIpc) is 3.00. The Kier molecular flexibility index (Phi) is 4.15. The van der Waals surface area contributed by atoms with E-state index in [4.69, 9.17) is 17.0 Å². The topological polar surface area (TPSA) is 78.5 Å². The Morgan fingerprint density at radius 3 is 2.71 bits per heavy atom. The number of thiocarbonyl (C=S) groups is 1.